The van der Waals surface area contributed by atoms with Crippen molar-refractivity contribution in [2.75, 3.05) is 18.4 Å². The van der Waals surface area contributed by atoms with E-state index in [0.29, 0.717) is 24.6 Å². The molecule has 2 rings (SSSR count). The first kappa shape index (κ1) is 15.4. The molecule has 0 atom stereocenters. The van der Waals surface area contributed by atoms with Gasteiger partial charge in [-0.2, -0.15) is 4.98 Å². The molecule has 8 nitrogen and oxygen atoms in total. The van der Waals surface area contributed by atoms with E-state index in [1.807, 2.05) is 6.92 Å². The first-order valence-electron chi connectivity index (χ1n) is 6.57. The SMILES string of the molecule is CCCNc1ncccc1S(=O)(=O)NCCc1ncon1. The second kappa shape index (κ2) is 7.14. The maximum absolute atomic E-state index is 12.3. The molecule has 0 spiro atoms. The molecule has 0 radical (unpaired) electrons. The average molecular weight is 311 g/mol. The number of sulfonamides is 1. The van der Waals surface area contributed by atoms with Crippen LogP contribution in [-0.4, -0.2) is 36.6 Å². The standard InChI is InChI=1S/C12H17N5O3S/c1-2-6-13-12-10(4-3-7-14-12)21(18,19)16-8-5-11-15-9-20-17-11/h3-4,7,9,16H,2,5-6,8H2,1H3,(H,13,14). The van der Waals surface area contributed by atoms with Crippen LogP contribution in [0.15, 0.2) is 34.1 Å². The molecule has 0 aliphatic rings. The zero-order valence-corrected chi connectivity index (χ0v) is 12.4. The van der Waals surface area contributed by atoms with E-state index < -0.39 is 10.0 Å². The molecule has 0 aliphatic carbocycles. The Labute approximate surface area is 123 Å². The third kappa shape index (κ3) is 4.23. The summed E-state index contributed by atoms with van der Waals surface area (Å²) in [6.45, 7) is 2.83. The summed E-state index contributed by atoms with van der Waals surface area (Å²) in [7, 11) is -3.64. The first-order valence-corrected chi connectivity index (χ1v) is 8.05. The number of rotatable bonds is 8. The van der Waals surface area contributed by atoms with Gasteiger partial charge in [0, 0.05) is 25.7 Å². The Hall–Kier alpha value is -2.00. The Bertz CT molecular complexity index is 657. The molecule has 21 heavy (non-hydrogen) atoms. The third-order valence-electron chi connectivity index (χ3n) is 2.65. The Morgan fingerprint density at radius 2 is 2.14 bits per heavy atom. The normalized spacial score (nSPS) is 11.5. The molecule has 2 aromatic rings. The minimum absolute atomic E-state index is 0.131. The fraction of sp³-hybridized carbons (Fsp3) is 0.417. The number of hydrogen-bond acceptors (Lipinski definition) is 7. The summed E-state index contributed by atoms with van der Waals surface area (Å²) in [5.74, 6) is 0.805. The first-order chi connectivity index (χ1) is 10.1. The molecule has 0 bridgehead atoms. The molecule has 2 aromatic heterocycles. The van der Waals surface area contributed by atoms with Gasteiger partial charge in [-0.25, -0.2) is 18.1 Å². The van der Waals surface area contributed by atoms with Crippen LogP contribution < -0.4 is 10.0 Å². The Balaban J connectivity index is 2.04. The average Bonchev–Trinajstić information content (AvgIpc) is 2.98. The molecule has 9 heteroatoms. The van der Waals surface area contributed by atoms with Gasteiger partial charge in [0.05, 0.1) is 0 Å². The molecule has 0 aliphatic heterocycles. The van der Waals surface area contributed by atoms with Crippen molar-refractivity contribution in [3.05, 3.63) is 30.5 Å². The van der Waals surface area contributed by atoms with Crippen molar-refractivity contribution in [1.29, 1.82) is 0 Å². The second-order valence-electron chi connectivity index (χ2n) is 4.27. The smallest absolute Gasteiger partial charge is 0.244 e. The van der Waals surface area contributed by atoms with Crippen molar-refractivity contribution in [2.24, 2.45) is 0 Å². The van der Waals surface area contributed by atoms with Crippen molar-refractivity contribution in [1.82, 2.24) is 19.8 Å². The summed E-state index contributed by atoms with van der Waals surface area (Å²) in [6.07, 6.45) is 3.99. The van der Waals surface area contributed by atoms with Crippen molar-refractivity contribution in [2.45, 2.75) is 24.7 Å². The van der Waals surface area contributed by atoms with Gasteiger partial charge in [0.15, 0.2) is 5.82 Å². The lowest BCUT2D eigenvalue weighted by atomic mass is 10.4. The van der Waals surface area contributed by atoms with Gasteiger partial charge in [0.2, 0.25) is 16.4 Å². The van der Waals surface area contributed by atoms with Gasteiger partial charge < -0.3 is 9.84 Å². The van der Waals surface area contributed by atoms with E-state index in [0.717, 1.165) is 6.42 Å². The highest BCUT2D eigenvalue weighted by Gasteiger charge is 2.18. The number of nitrogens with zero attached hydrogens (tertiary/aromatic N) is 3. The lowest BCUT2D eigenvalue weighted by molar-refractivity contribution is 0.410. The molecular formula is C12H17N5O3S. The van der Waals surface area contributed by atoms with Crippen LogP contribution in [0.3, 0.4) is 0 Å². The molecule has 0 unspecified atom stereocenters. The quantitative estimate of drug-likeness (QED) is 0.742. The number of hydrogen-bond donors (Lipinski definition) is 2. The van der Waals surface area contributed by atoms with E-state index in [2.05, 4.69) is 29.7 Å². The zero-order valence-electron chi connectivity index (χ0n) is 11.6. The van der Waals surface area contributed by atoms with Crippen LogP contribution in [0.1, 0.15) is 19.2 Å². The molecule has 0 saturated heterocycles. The molecule has 2 N–H and O–H groups in total. The summed E-state index contributed by atoms with van der Waals surface area (Å²) < 4.78 is 31.7. The van der Waals surface area contributed by atoms with Gasteiger partial charge in [-0.05, 0) is 18.6 Å². The van der Waals surface area contributed by atoms with E-state index in [-0.39, 0.29) is 11.4 Å². The van der Waals surface area contributed by atoms with E-state index in [1.54, 1.807) is 12.3 Å². The highest BCUT2D eigenvalue weighted by atomic mass is 32.2. The lowest BCUT2D eigenvalue weighted by Gasteiger charge is -2.11. The van der Waals surface area contributed by atoms with E-state index >= 15 is 0 Å². The number of aromatic nitrogens is 3. The largest absolute Gasteiger partial charge is 0.369 e. The molecule has 114 valence electrons. The van der Waals surface area contributed by atoms with Crippen molar-refractivity contribution in [3.63, 3.8) is 0 Å². The van der Waals surface area contributed by atoms with Gasteiger partial charge in [-0.3, -0.25) is 0 Å². The van der Waals surface area contributed by atoms with Crippen LogP contribution in [0.25, 0.3) is 0 Å². The van der Waals surface area contributed by atoms with E-state index in [1.165, 1.54) is 12.5 Å². The topological polar surface area (TPSA) is 110 Å². The fourth-order valence-electron chi connectivity index (χ4n) is 1.66. The second-order valence-corrected chi connectivity index (χ2v) is 6.01. The molecular weight excluding hydrogens is 294 g/mol. The number of anilines is 1. The fourth-order valence-corrected chi connectivity index (χ4v) is 2.82. The Morgan fingerprint density at radius 1 is 1.29 bits per heavy atom. The van der Waals surface area contributed by atoms with Crippen LogP contribution in [0.2, 0.25) is 0 Å². The summed E-state index contributed by atoms with van der Waals surface area (Å²) in [6, 6.07) is 3.10. The van der Waals surface area contributed by atoms with E-state index in [4.69, 9.17) is 0 Å². The molecule has 2 heterocycles. The van der Waals surface area contributed by atoms with Crippen molar-refractivity contribution >= 4 is 15.8 Å². The maximum Gasteiger partial charge on any atom is 0.244 e. The highest BCUT2D eigenvalue weighted by Crippen LogP contribution is 2.17. The maximum atomic E-state index is 12.3. The van der Waals surface area contributed by atoms with Crippen LogP contribution in [0.5, 0.6) is 0 Å². The monoisotopic (exact) mass is 311 g/mol. The minimum atomic E-state index is -3.64. The molecule has 0 saturated carbocycles. The van der Waals surface area contributed by atoms with Crippen molar-refractivity contribution in [3.8, 4) is 0 Å². The lowest BCUT2D eigenvalue weighted by Crippen LogP contribution is -2.27. The third-order valence-corrected chi connectivity index (χ3v) is 4.14. The Kier molecular flexibility index (Phi) is 5.23. The summed E-state index contributed by atoms with van der Waals surface area (Å²) >= 11 is 0. The summed E-state index contributed by atoms with van der Waals surface area (Å²) in [4.78, 5) is 8.03. The van der Waals surface area contributed by atoms with Gasteiger partial charge in [-0.1, -0.05) is 12.1 Å². The van der Waals surface area contributed by atoms with Crippen LogP contribution >= 0.6 is 0 Å². The molecule has 0 amide bonds. The predicted octanol–water partition coefficient (Wildman–Crippen LogP) is 0.807. The highest BCUT2D eigenvalue weighted by molar-refractivity contribution is 7.89. The van der Waals surface area contributed by atoms with Crippen LogP contribution in [0.4, 0.5) is 5.82 Å². The van der Waals surface area contributed by atoms with Gasteiger partial charge >= 0.3 is 0 Å². The predicted molar refractivity (Wildman–Crippen MR) is 76.2 cm³/mol. The summed E-state index contributed by atoms with van der Waals surface area (Å²) in [5, 5.41) is 6.62. The van der Waals surface area contributed by atoms with Gasteiger partial charge in [0.25, 0.3) is 0 Å². The van der Waals surface area contributed by atoms with E-state index in [9.17, 15) is 8.42 Å². The number of nitrogens with one attached hydrogen (secondary N) is 2. The van der Waals surface area contributed by atoms with Crippen LogP contribution in [-0.2, 0) is 16.4 Å². The van der Waals surface area contributed by atoms with Gasteiger partial charge in [0.1, 0.15) is 10.7 Å². The summed E-state index contributed by atoms with van der Waals surface area (Å²) in [5.41, 5.74) is 0. The number of pyridine rings is 1. The zero-order chi connectivity index (χ0) is 15.1. The minimum Gasteiger partial charge on any atom is -0.369 e. The van der Waals surface area contributed by atoms with Crippen LogP contribution in [0, 0.1) is 0 Å². The molecule has 0 aromatic carbocycles. The van der Waals surface area contributed by atoms with Crippen molar-refractivity contribution < 1.29 is 12.9 Å². The molecule has 0 fully saturated rings. The van der Waals surface area contributed by atoms with Gasteiger partial charge in [-0.15, -0.1) is 0 Å². The Morgan fingerprint density at radius 3 is 2.86 bits per heavy atom.